The van der Waals surface area contributed by atoms with Crippen LogP contribution in [0.15, 0.2) is 48.5 Å². The Bertz CT molecular complexity index is 1070. The van der Waals surface area contributed by atoms with Gasteiger partial charge in [0.1, 0.15) is 13.2 Å². The Morgan fingerprint density at radius 2 is 1.43 bits per heavy atom. The second-order valence-corrected chi connectivity index (χ2v) is 8.97. The van der Waals surface area contributed by atoms with Gasteiger partial charge in [0.15, 0.2) is 0 Å². The number of nitrogens with one attached hydrogen (secondary N) is 3. The van der Waals surface area contributed by atoms with Crippen molar-refractivity contribution in [2.24, 2.45) is 11.8 Å². The second-order valence-electron chi connectivity index (χ2n) is 8.97. The predicted octanol–water partition coefficient (Wildman–Crippen LogP) is 2.26. The van der Waals surface area contributed by atoms with E-state index in [9.17, 15) is 24.3 Å². The predicted molar refractivity (Wildman–Crippen MR) is 128 cm³/mol. The Morgan fingerprint density at radius 1 is 0.857 bits per heavy atom. The summed E-state index contributed by atoms with van der Waals surface area (Å²) >= 11 is 0. The van der Waals surface area contributed by atoms with Crippen molar-refractivity contribution in [3.63, 3.8) is 0 Å². The maximum atomic E-state index is 12.2. The third-order valence-electron chi connectivity index (χ3n) is 6.39. The van der Waals surface area contributed by atoms with Crippen molar-refractivity contribution in [3.05, 3.63) is 59.7 Å². The van der Waals surface area contributed by atoms with E-state index < -0.39 is 29.8 Å². The number of carboxylic acid groups (broad SMARTS) is 1. The highest BCUT2D eigenvalue weighted by atomic mass is 16.5. The van der Waals surface area contributed by atoms with Gasteiger partial charge < -0.3 is 25.8 Å². The standard InChI is InChI=1S/C26H29N3O6/c30-23(27-12-17(25(32)33)11-16-9-10-16)13-28-24(31)14-29-26(34)35-15-22-20-7-3-1-5-18(20)19-6-2-4-8-21(19)22/h1-8,16-17,22H,9-15H2,(H,27,30)(H,28,31)(H,29,34)(H,32,33). The highest BCUT2D eigenvalue weighted by Gasteiger charge is 2.30. The maximum Gasteiger partial charge on any atom is 0.407 e. The number of aliphatic carboxylic acids is 1. The number of carboxylic acids is 1. The third-order valence-corrected chi connectivity index (χ3v) is 6.39. The van der Waals surface area contributed by atoms with Crippen LogP contribution in [0.4, 0.5) is 4.79 Å². The maximum absolute atomic E-state index is 12.2. The number of alkyl carbamates (subject to hydrolysis) is 1. The van der Waals surface area contributed by atoms with E-state index in [0.29, 0.717) is 12.3 Å². The third kappa shape index (κ3) is 6.38. The number of fused-ring (bicyclic) bond motifs is 3. The topological polar surface area (TPSA) is 134 Å². The molecule has 0 spiro atoms. The molecule has 1 atom stereocenters. The first-order valence-electron chi connectivity index (χ1n) is 11.8. The molecular weight excluding hydrogens is 450 g/mol. The van der Waals surface area contributed by atoms with Crippen LogP contribution in [0, 0.1) is 11.8 Å². The van der Waals surface area contributed by atoms with E-state index in [1.54, 1.807) is 0 Å². The van der Waals surface area contributed by atoms with Crippen LogP contribution >= 0.6 is 0 Å². The molecule has 1 unspecified atom stereocenters. The molecule has 35 heavy (non-hydrogen) atoms. The SMILES string of the molecule is O=C(CNC(=O)CNC(=O)OCC1c2ccccc2-c2ccccc21)NCC(CC1CC1)C(=O)O. The van der Waals surface area contributed by atoms with Crippen LogP contribution in [0.5, 0.6) is 0 Å². The van der Waals surface area contributed by atoms with Crippen molar-refractivity contribution in [3.8, 4) is 11.1 Å². The van der Waals surface area contributed by atoms with E-state index in [1.165, 1.54) is 0 Å². The first kappa shape index (κ1) is 24.3. The van der Waals surface area contributed by atoms with Gasteiger partial charge in [0, 0.05) is 12.5 Å². The number of amides is 3. The molecule has 3 amide bonds. The van der Waals surface area contributed by atoms with Crippen LogP contribution in [0.25, 0.3) is 11.1 Å². The Hall–Kier alpha value is -3.88. The summed E-state index contributed by atoms with van der Waals surface area (Å²) in [7, 11) is 0. The lowest BCUT2D eigenvalue weighted by molar-refractivity contribution is -0.142. The molecule has 9 heteroatoms. The van der Waals surface area contributed by atoms with Crippen molar-refractivity contribution >= 4 is 23.9 Å². The molecule has 0 radical (unpaired) electrons. The van der Waals surface area contributed by atoms with Crippen molar-refractivity contribution in [2.75, 3.05) is 26.2 Å². The lowest BCUT2D eigenvalue weighted by atomic mass is 9.98. The average molecular weight is 480 g/mol. The van der Waals surface area contributed by atoms with Gasteiger partial charge in [-0.2, -0.15) is 0 Å². The van der Waals surface area contributed by atoms with Crippen LogP contribution < -0.4 is 16.0 Å². The van der Waals surface area contributed by atoms with Gasteiger partial charge in [0.25, 0.3) is 0 Å². The molecule has 2 aromatic carbocycles. The first-order valence-corrected chi connectivity index (χ1v) is 11.8. The van der Waals surface area contributed by atoms with Crippen LogP contribution in [0.2, 0.25) is 0 Å². The number of benzene rings is 2. The zero-order valence-corrected chi connectivity index (χ0v) is 19.3. The minimum Gasteiger partial charge on any atom is -0.481 e. The minimum atomic E-state index is -0.937. The molecule has 2 aromatic rings. The minimum absolute atomic E-state index is 0.0263. The summed E-state index contributed by atoms with van der Waals surface area (Å²) in [5, 5.41) is 16.6. The van der Waals surface area contributed by atoms with Crippen molar-refractivity contribution in [2.45, 2.75) is 25.2 Å². The van der Waals surface area contributed by atoms with E-state index in [4.69, 9.17) is 4.74 Å². The van der Waals surface area contributed by atoms with Crippen LogP contribution in [-0.4, -0.2) is 55.2 Å². The Labute approximate surface area is 203 Å². The zero-order chi connectivity index (χ0) is 24.8. The molecule has 184 valence electrons. The summed E-state index contributed by atoms with van der Waals surface area (Å²) in [6.45, 7) is -0.488. The van der Waals surface area contributed by atoms with E-state index in [-0.39, 0.29) is 32.2 Å². The van der Waals surface area contributed by atoms with Gasteiger partial charge in [-0.25, -0.2) is 4.79 Å². The van der Waals surface area contributed by atoms with E-state index in [1.807, 2.05) is 48.5 Å². The van der Waals surface area contributed by atoms with Gasteiger partial charge in [-0.05, 0) is 34.6 Å². The number of carbonyl (C=O) groups is 4. The highest BCUT2D eigenvalue weighted by Crippen LogP contribution is 2.44. The zero-order valence-electron chi connectivity index (χ0n) is 19.3. The van der Waals surface area contributed by atoms with Crippen molar-refractivity contribution in [1.29, 1.82) is 0 Å². The van der Waals surface area contributed by atoms with Gasteiger partial charge in [-0.3, -0.25) is 14.4 Å². The molecule has 0 bridgehead atoms. The van der Waals surface area contributed by atoms with E-state index in [2.05, 4.69) is 16.0 Å². The number of carbonyl (C=O) groups excluding carboxylic acids is 3. The first-order chi connectivity index (χ1) is 16.9. The van der Waals surface area contributed by atoms with Gasteiger partial charge in [0.05, 0.1) is 12.5 Å². The molecule has 9 nitrogen and oxygen atoms in total. The van der Waals surface area contributed by atoms with Crippen LogP contribution in [-0.2, 0) is 19.1 Å². The van der Waals surface area contributed by atoms with Crippen molar-refractivity contribution < 1.29 is 29.0 Å². The molecular formula is C26H29N3O6. The van der Waals surface area contributed by atoms with Crippen LogP contribution in [0.3, 0.4) is 0 Å². The number of hydrogen-bond acceptors (Lipinski definition) is 5. The van der Waals surface area contributed by atoms with Gasteiger partial charge in [-0.15, -0.1) is 0 Å². The van der Waals surface area contributed by atoms with Crippen molar-refractivity contribution in [1.82, 2.24) is 16.0 Å². The Kier molecular flexibility index (Phi) is 7.64. The summed E-state index contributed by atoms with van der Waals surface area (Å²) in [6.07, 6.45) is 1.89. The molecule has 2 aliphatic carbocycles. The summed E-state index contributed by atoms with van der Waals surface area (Å²) in [5.74, 6) is -2.26. The summed E-state index contributed by atoms with van der Waals surface area (Å²) in [4.78, 5) is 47.3. The Morgan fingerprint density at radius 3 is 2.03 bits per heavy atom. The molecule has 2 aliphatic rings. The Balaban J connectivity index is 1.16. The molecule has 1 saturated carbocycles. The van der Waals surface area contributed by atoms with E-state index >= 15 is 0 Å². The van der Waals surface area contributed by atoms with Gasteiger partial charge in [0.2, 0.25) is 11.8 Å². The van der Waals surface area contributed by atoms with E-state index in [0.717, 1.165) is 35.1 Å². The summed E-state index contributed by atoms with van der Waals surface area (Å²) in [5.41, 5.74) is 4.43. The summed E-state index contributed by atoms with van der Waals surface area (Å²) in [6, 6.07) is 16.0. The van der Waals surface area contributed by atoms with Gasteiger partial charge in [-0.1, -0.05) is 61.4 Å². The fourth-order valence-electron chi connectivity index (χ4n) is 4.37. The van der Waals surface area contributed by atoms with Gasteiger partial charge >= 0.3 is 12.1 Å². The largest absolute Gasteiger partial charge is 0.481 e. The lowest BCUT2D eigenvalue weighted by Crippen LogP contribution is -2.43. The lowest BCUT2D eigenvalue weighted by Gasteiger charge is -2.15. The smallest absolute Gasteiger partial charge is 0.407 e. The monoisotopic (exact) mass is 479 g/mol. The molecule has 0 aliphatic heterocycles. The molecule has 1 fully saturated rings. The molecule has 4 rings (SSSR count). The molecule has 4 N–H and O–H groups in total. The fraction of sp³-hybridized carbons (Fsp3) is 0.385. The number of rotatable bonds is 11. The highest BCUT2D eigenvalue weighted by molar-refractivity contribution is 5.87. The molecule has 0 heterocycles. The molecule has 0 aromatic heterocycles. The number of ether oxygens (including phenoxy) is 1. The quantitative estimate of drug-likeness (QED) is 0.391. The second kappa shape index (κ2) is 11.0. The normalized spacial score (nSPS) is 14.9. The fourth-order valence-corrected chi connectivity index (χ4v) is 4.37. The van der Waals surface area contributed by atoms with Crippen LogP contribution in [0.1, 0.15) is 36.3 Å². The average Bonchev–Trinajstić information content (AvgIpc) is 3.63. The molecule has 0 saturated heterocycles. The number of hydrogen-bond donors (Lipinski definition) is 4. The summed E-state index contributed by atoms with van der Waals surface area (Å²) < 4.78 is 5.37.